The molecule has 1 N–H and O–H groups in total. The van der Waals surface area contributed by atoms with Crippen molar-refractivity contribution in [2.45, 2.75) is 193 Å². The lowest BCUT2D eigenvalue weighted by molar-refractivity contribution is -0.161. The van der Waals surface area contributed by atoms with E-state index in [-0.39, 0.29) is 25.2 Å². The van der Waals surface area contributed by atoms with E-state index in [1.165, 1.54) is 109 Å². The lowest BCUT2D eigenvalue weighted by Gasteiger charge is -2.15. The Morgan fingerprint density at radius 1 is 0.511 bits per heavy atom. The molecule has 1 atom stereocenters. The molecule has 0 rings (SSSR count). The molecule has 0 fully saturated rings. The summed E-state index contributed by atoms with van der Waals surface area (Å²) >= 11 is 0. The highest BCUT2D eigenvalue weighted by Gasteiger charge is 2.16. The van der Waals surface area contributed by atoms with Crippen LogP contribution in [-0.2, 0) is 19.1 Å². The average molecular weight is 633 g/mol. The molecule has 0 aliphatic carbocycles. The van der Waals surface area contributed by atoms with Crippen molar-refractivity contribution < 1.29 is 24.2 Å². The average Bonchev–Trinajstić information content (AvgIpc) is 3.04. The van der Waals surface area contributed by atoms with Crippen molar-refractivity contribution >= 4 is 11.9 Å². The molecule has 1 unspecified atom stereocenters. The van der Waals surface area contributed by atoms with Gasteiger partial charge in [0.2, 0.25) is 0 Å². The summed E-state index contributed by atoms with van der Waals surface area (Å²) in [6, 6.07) is 0. The fourth-order valence-corrected chi connectivity index (χ4v) is 5.27. The van der Waals surface area contributed by atoms with E-state index in [2.05, 4.69) is 50.3 Å². The smallest absolute Gasteiger partial charge is 0.306 e. The Hall–Kier alpha value is -1.88. The van der Waals surface area contributed by atoms with Gasteiger partial charge in [-0.2, -0.15) is 0 Å². The van der Waals surface area contributed by atoms with Crippen LogP contribution >= 0.6 is 0 Å². The van der Waals surface area contributed by atoms with Crippen molar-refractivity contribution in [3.8, 4) is 0 Å². The van der Waals surface area contributed by atoms with Crippen LogP contribution in [0, 0.1) is 0 Å². The monoisotopic (exact) mass is 633 g/mol. The van der Waals surface area contributed by atoms with E-state index >= 15 is 0 Å². The van der Waals surface area contributed by atoms with Gasteiger partial charge in [0.25, 0.3) is 0 Å². The van der Waals surface area contributed by atoms with Gasteiger partial charge in [0, 0.05) is 12.8 Å². The molecule has 262 valence electrons. The molecule has 0 aliphatic rings. The molecule has 0 heterocycles. The van der Waals surface area contributed by atoms with Gasteiger partial charge >= 0.3 is 11.9 Å². The molecule has 45 heavy (non-hydrogen) atoms. The Balaban J connectivity index is 3.55. The van der Waals surface area contributed by atoms with E-state index < -0.39 is 6.10 Å². The van der Waals surface area contributed by atoms with Gasteiger partial charge in [0.15, 0.2) is 6.10 Å². The van der Waals surface area contributed by atoms with Crippen LogP contribution in [0.15, 0.2) is 36.5 Å². The van der Waals surface area contributed by atoms with Crippen molar-refractivity contribution in [1.82, 2.24) is 0 Å². The standard InChI is InChI=1S/C40H72O5/c1-3-5-7-9-11-13-14-15-16-17-18-19-20-21-22-23-24-25-26-27-29-31-33-35-40(43)45-38(36-41)37-44-39(42)34-32-30-28-12-10-8-6-4-2/h14-15,17-18,20-21,38,41H,3-13,16,19,22-37H2,1-2H3/b15-14-,18-17-,21-20-. The zero-order valence-electron chi connectivity index (χ0n) is 29.6. The molecule has 0 radical (unpaired) electrons. The summed E-state index contributed by atoms with van der Waals surface area (Å²) < 4.78 is 10.5. The first kappa shape index (κ1) is 43.1. The van der Waals surface area contributed by atoms with Gasteiger partial charge in [-0.05, 0) is 51.4 Å². The minimum Gasteiger partial charge on any atom is -0.462 e. The van der Waals surface area contributed by atoms with Gasteiger partial charge in [-0.15, -0.1) is 0 Å². The summed E-state index contributed by atoms with van der Waals surface area (Å²) in [6.45, 7) is 4.08. The number of carbonyl (C=O) groups is 2. The van der Waals surface area contributed by atoms with E-state index in [9.17, 15) is 14.7 Å². The maximum Gasteiger partial charge on any atom is 0.306 e. The molecule has 0 amide bonds. The van der Waals surface area contributed by atoms with Crippen molar-refractivity contribution in [1.29, 1.82) is 0 Å². The van der Waals surface area contributed by atoms with Crippen LogP contribution in [-0.4, -0.2) is 36.4 Å². The number of carbonyl (C=O) groups excluding carboxylic acids is 2. The van der Waals surface area contributed by atoms with Gasteiger partial charge in [-0.3, -0.25) is 9.59 Å². The number of aliphatic hydroxyl groups is 1. The number of allylic oxidation sites excluding steroid dienone is 6. The van der Waals surface area contributed by atoms with Gasteiger partial charge in [-0.1, -0.05) is 159 Å². The zero-order valence-corrected chi connectivity index (χ0v) is 29.6. The molecule has 5 nitrogen and oxygen atoms in total. The number of unbranched alkanes of at least 4 members (excludes halogenated alkanes) is 20. The number of rotatable bonds is 34. The lowest BCUT2D eigenvalue weighted by atomic mass is 10.1. The van der Waals surface area contributed by atoms with Crippen molar-refractivity contribution in [3.05, 3.63) is 36.5 Å². The van der Waals surface area contributed by atoms with E-state index in [4.69, 9.17) is 9.47 Å². The van der Waals surface area contributed by atoms with E-state index in [0.29, 0.717) is 12.8 Å². The Bertz CT molecular complexity index is 726. The maximum atomic E-state index is 12.1. The number of aliphatic hydroxyl groups excluding tert-OH is 1. The Kier molecular flexibility index (Phi) is 35.1. The molecular formula is C40H72O5. The largest absolute Gasteiger partial charge is 0.462 e. The van der Waals surface area contributed by atoms with Crippen LogP contribution in [0.2, 0.25) is 0 Å². The van der Waals surface area contributed by atoms with E-state index in [1.54, 1.807) is 0 Å². The van der Waals surface area contributed by atoms with Crippen LogP contribution in [0.25, 0.3) is 0 Å². The van der Waals surface area contributed by atoms with Crippen LogP contribution in [0.5, 0.6) is 0 Å². The second-order valence-corrected chi connectivity index (χ2v) is 12.7. The highest BCUT2D eigenvalue weighted by atomic mass is 16.6. The number of hydrogen-bond donors (Lipinski definition) is 1. The fraction of sp³-hybridized carbons (Fsp3) is 0.800. The summed E-state index contributed by atoms with van der Waals surface area (Å²) in [5.41, 5.74) is 0. The number of esters is 2. The molecule has 0 saturated heterocycles. The minimum atomic E-state index is -0.770. The van der Waals surface area contributed by atoms with Crippen LogP contribution in [0.1, 0.15) is 187 Å². The summed E-state index contributed by atoms with van der Waals surface area (Å²) in [6.07, 6.45) is 43.6. The fourth-order valence-electron chi connectivity index (χ4n) is 5.27. The SMILES string of the molecule is CCCCCCC/C=C\C/C=C\C/C=C\CCCCCCCCCCC(=O)OC(CO)COC(=O)CCCCCCCCCC. The first-order valence-electron chi connectivity index (χ1n) is 19.0. The number of hydrogen-bond acceptors (Lipinski definition) is 5. The second kappa shape index (κ2) is 36.6. The van der Waals surface area contributed by atoms with Crippen molar-refractivity contribution in [2.24, 2.45) is 0 Å². The predicted octanol–water partition coefficient (Wildman–Crippen LogP) is 11.7. The molecule has 0 spiro atoms. The molecule has 0 bridgehead atoms. The van der Waals surface area contributed by atoms with E-state index in [1.807, 2.05) is 0 Å². The molecule has 0 aliphatic heterocycles. The third kappa shape index (κ3) is 34.8. The molecule has 0 aromatic rings. The molecule has 0 aromatic heterocycles. The third-order valence-corrected chi connectivity index (χ3v) is 8.19. The topological polar surface area (TPSA) is 72.8 Å². The first-order chi connectivity index (χ1) is 22.1. The Morgan fingerprint density at radius 2 is 0.889 bits per heavy atom. The highest BCUT2D eigenvalue weighted by Crippen LogP contribution is 2.13. The predicted molar refractivity (Wildman–Crippen MR) is 191 cm³/mol. The quantitative estimate of drug-likeness (QED) is 0.0434. The molecular weight excluding hydrogens is 560 g/mol. The molecule has 5 heteroatoms. The Labute approximate surface area is 278 Å². The van der Waals surface area contributed by atoms with Gasteiger partial charge in [0.1, 0.15) is 6.61 Å². The molecule has 0 saturated carbocycles. The highest BCUT2D eigenvalue weighted by molar-refractivity contribution is 5.70. The summed E-state index contributed by atoms with van der Waals surface area (Å²) in [7, 11) is 0. The minimum absolute atomic E-state index is 0.0673. The Morgan fingerprint density at radius 3 is 1.33 bits per heavy atom. The van der Waals surface area contributed by atoms with Crippen LogP contribution in [0.3, 0.4) is 0 Å². The summed E-state index contributed by atoms with van der Waals surface area (Å²) in [5.74, 6) is -0.603. The lowest BCUT2D eigenvalue weighted by Crippen LogP contribution is -2.28. The summed E-state index contributed by atoms with van der Waals surface area (Å²) in [5, 5.41) is 9.50. The van der Waals surface area contributed by atoms with E-state index in [0.717, 1.165) is 51.4 Å². The van der Waals surface area contributed by atoms with Gasteiger partial charge < -0.3 is 14.6 Å². The maximum absolute atomic E-state index is 12.1. The van der Waals surface area contributed by atoms with Crippen molar-refractivity contribution in [2.75, 3.05) is 13.2 Å². The van der Waals surface area contributed by atoms with Crippen LogP contribution in [0.4, 0.5) is 0 Å². The second-order valence-electron chi connectivity index (χ2n) is 12.7. The van der Waals surface area contributed by atoms with Gasteiger partial charge in [-0.25, -0.2) is 0 Å². The van der Waals surface area contributed by atoms with Gasteiger partial charge in [0.05, 0.1) is 6.61 Å². The summed E-state index contributed by atoms with van der Waals surface area (Å²) in [4.78, 5) is 24.1. The zero-order chi connectivity index (χ0) is 32.9. The van der Waals surface area contributed by atoms with Crippen molar-refractivity contribution in [3.63, 3.8) is 0 Å². The first-order valence-corrected chi connectivity index (χ1v) is 19.0. The third-order valence-electron chi connectivity index (χ3n) is 8.19. The van der Waals surface area contributed by atoms with Crippen LogP contribution < -0.4 is 0 Å². The number of ether oxygens (including phenoxy) is 2. The molecule has 0 aromatic carbocycles. The normalized spacial score (nSPS) is 12.5.